The van der Waals surface area contributed by atoms with Gasteiger partial charge in [0.15, 0.2) is 0 Å². The Morgan fingerprint density at radius 2 is 1.66 bits per heavy atom. The van der Waals surface area contributed by atoms with Gasteiger partial charge in [0.25, 0.3) is 0 Å². The number of fused-ring (bicyclic) bond motifs is 1. The summed E-state index contributed by atoms with van der Waals surface area (Å²) in [6.07, 6.45) is 0.722. The molecule has 1 aromatic heterocycles. The minimum absolute atomic E-state index is 0.0186. The minimum Gasteiger partial charge on any atom is -0.462 e. The van der Waals surface area contributed by atoms with E-state index in [-0.39, 0.29) is 33.8 Å². The maximum absolute atomic E-state index is 13.8. The van der Waals surface area contributed by atoms with E-state index >= 15 is 0 Å². The molecule has 0 atom stereocenters. The molecule has 0 amide bonds. The average Bonchev–Trinajstić information content (AvgIpc) is 2.85. The summed E-state index contributed by atoms with van der Waals surface area (Å²) < 4.78 is 35.7. The van der Waals surface area contributed by atoms with Crippen LogP contribution >= 0.6 is 0 Å². The Hall–Kier alpha value is -4.46. The maximum Gasteiger partial charge on any atom is 0.346 e. The summed E-state index contributed by atoms with van der Waals surface area (Å²) >= 11 is 0. The van der Waals surface area contributed by atoms with Crippen LogP contribution in [0.2, 0.25) is 0 Å². The fourth-order valence-corrected chi connectivity index (χ4v) is 3.29. The second kappa shape index (κ2) is 10.2. The number of benzene rings is 3. The van der Waals surface area contributed by atoms with Gasteiger partial charge in [-0.25, -0.2) is 14.0 Å². The highest BCUT2D eigenvalue weighted by Gasteiger charge is 2.17. The highest BCUT2D eigenvalue weighted by atomic mass is 19.1. The first-order valence-electron chi connectivity index (χ1n) is 10.9. The van der Waals surface area contributed by atoms with Gasteiger partial charge in [0.1, 0.15) is 28.7 Å². The van der Waals surface area contributed by atoms with E-state index in [0.29, 0.717) is 17.9 Å². The van der Waals surface area contributed by atoms with Crippen LogP contribution < -0.4 is 14.9 Å². The molecule has 0 bridgehead atoms. The lowest BCUT2D eigenvalue weighted by Crippen LogP contribution is -2.11. The molecule has 35 heavy (non-hydrogen) atoms. The minimum atomic E-state index is -0.872. The number of ether oxygens (including phenoxy) is 3. The summed E-state index contributed by atoms with van der Waals surface area (Å²) in [7, 11) is 0. The van der Waals surface area contributed by atoms with Crippen LogP contribution in [0.3, 0.4) is 0 Å². The molecule has 8 heteroatoms. The van der Waals surface area contributed by atoms with Crippen LogP contribution in [-0.2, 0) is 4.74 Å². The van der Waals surface area contributed by atoms with E-state index in [1.807, 2.05) is 6.92 Å². The van der Waals surface area contributed by atoms with Gasteiger partial charge in [-0.2, -0.15) is 0 Å². The molecule has 0 aliphatic carbocycles. The number of carbonyl (C=O) groups is 2. The molecule has 4 rings (SSSR count). The molecule has 0 saturated heterocycles. The summed E-state index contributed by atoms with van der Waals surface area (Å²) in [4.78, 5) is 37.2. The lowest BCUT2D eigenvalue weighted by molar-refractivity contribution is 0.0504. The van der Waals surface area contributed by atoms with E-state index in [1.165, 1.54) is 36.4 Å². The Morgan fingerprint density at radius 1 is 0.943 bits per heavy atom. The third kappa shape index (κ3) is 5.22. The predicted molar refractivity (Wildman–Crippen MR) is 126 cm³/mol. The van der Waals surface area contributed by atoms with Gasteiger partial charge in [0.05, 0.1) is 23.1 Å². The number of halogens is 1. The molecule has 0 unspecified atom stereocenters. The van der Waals surface area contributed by atoms with Crippen molar-refractivity contribution in [2.24, 2.45) is 0 Å². The Bertz CT molecular complexity index is 1460. The number of hydrogen-bond donors (Lipinski definition) is 0. The van der Waals surface area contributed by atoms with Crippen LogP contribution in [0.5, 0.6) is 17.2 Å². The standard InChI is InChI=1S/C27H21FO7/c1-3-14-32-26(30)17-8-10-18(11-9-17)34-25-16(2)33-23-15-19(12-13-21(23)24(25)29)35-27(31)20-6-4-5-7-22(20)28/h4-13,15H,3,14H2,1-2H3. The molecule has 178 valence electrons. The summed E-state index contributed by atoms with van der Waals surface area (Å²) in [5.74, 6) is -1.40. The number of hydrogen-bond acceptors (Lipinski definition) is 7. The van der Waals surface area contributed by atoms with Gasteiger partial charge >= 0.3 is 11.9 Å². The Balaban J connectivity index is 1.56. The molecule has 0 spiro atoms. The number of rotatable bonds is 7. The Kier molecular flexibility index (Phi) is 6.91. The molecule has 0 aliphatic heterocycles. The van der Waals surface area contributed by atoms with Crippen LogP contribution in [0, 0.1) is 12.7 Å². The topological polar surface area (TPSA) is 92.0 Å². The molecule has 0 aliphatic rings. The molecule has 3 aromatic carbocycles. The molecular weight excluding hydrogens is 455 g/mol. The first-order valence-corrected chi connectivity index (χ1v) is 10.9. The number of aryl methyl sites for hydroxylation is 1. The normalized spacial score (nSPS) is 10.7. The van der Waals surface area contributed by atoms with Crippen molar-refractivity contribution in [3.8, 4) is 17.2 Å². The monoisotopic (exact) mass is 476 g/mol. The van der Waals surface area contributed by atoms with Crippen molar-refractivity contribution < 1.29 is 32.6 Å². The summed E-state index contributed by atoms with van der Waals surface area (Å²) in [6, 6.07) is 15.9. The van der Waals surface area contributed by atoms with Crippen molar-refractivity contribution in [3.05, 3.63) is 99.7 Å². The molecule has 0 radical (unpaired) electrons. The molecule has 4 aromatic rings. The highest BCUT2D eigenvalue weighted by molar-refractivity contribution is 5.92. The largest absolute Gasteiger partial charge is 0.462 e. The third-order valence-electron chi connectivity index (χ3n) is 5.04. The van der Waals surface area contributed by atoms with Gasteiger partial charge in [-0.15, -0.1) is 0 Å². The molecule has 7 nitrogen and oxygen atoms in total. The van der Waals surface area contributed by atoms with Gasteiger partial charge in [0.2, 0.25) is 11.2 Å². The van der Waals surface area contributed by atoms with Crippen LogP contribution in [0.25, 0.3) is 11.0 Å². The van der Waals surface area contributed by atoms with Crippen LogP contribution in [0.4, 0.5) is 4.39 Å². The zero-order chi connectivity index (χ0) is 24.9. The van der Waals surface area contributed by atoms with Crippen LogP contribution in [-0.4, -0.2) is 18.5 Å². The number of carbonyl (C=O) groups excluding carboxylic acids is 2. The summed E-state index contributed by atoms with van der Waals surface area (Å²) in [5, 5.41) is 0.205. The average molecular weight is 476 g/mol. The number of esters is 2. The van der Waals surface area contributed by atoms with Gasteiger partial charge in [0, 0.05) is 6.07 Å². The fourth-order valence-electron chi connectivity index (χ4n) is 3.29. The van der Waals surface area contributed by atoms with Gasteiger partial charge < -0.3 is 18.6 Å². The van der Waals surface area contributed by atoms with E-state index in [2.05, 4.69) is 0 Å². The molecule has 0 N–H and O–H groups in total. The van der Waals surface area contributed by atoms with Crippen LogP contribution in [0.1, 0.15) is 39.8 Å². The quantitative estimate of drug-likeness (QED) is 0.245. The first kappa shape index (κ1) is 23.7. The van der Waals surface area contributed by atoms with E-state index in [0.717, 1.165) is 12.5 Å². The van der Waals surface area contributed by atoms with Gasteiger partial charge in [-0.1, -0.05) is 19.1 Å². The van der Waals surface area contributed by atoms with Crippen molar-refractivity contribution in [3.63, 3.8) is 0 Å². The lowest BCUT2D eigenvalue weighted by Gasteiger charge is -2.10. The molecule has 0 fully saturated rings. The second-order valence-corrected chi connectivity index (χ2v) is 7.61. The second-order valence-electron chi connectivity index (χ2n) is 7.61. The predicted octanol–water partition coefficient (Wildman–Crippen LogP) is 5.82. The van der Waals surface area contributed by atoms with Gasteiger partial charge in [-0.3, -0.25) is 4.79 Å². The van der Waals surface area contributed by atoms with E-state index in [4.69, 9.17) is 18.6 Å². The fraction of sp³-hybridized carbons (Fsp3) is 0.148. The zero-order valence-electron chi connectivity index (χ0n) is 19.0. The van der Waals surface area contributed by atoms with Crippen molar-refractivity contribution in [1.82, 2.24) is 0 Å². The van der Waals surface area contributed by atoms with Crippen molar-refractivity contribution in [2.45, 2.75) is 20.3 Å². The van der Waals surface area contributed by atoms with E-state index in [1.54, 1.807) is 31.2 Å². The van der Waals surface area contributed by atoms with Crippen molar-refractivity contribution in [1.29, 1.82) is 0 Å². The smallest absolute Gasteiger partial charge is 0.346 e. The highest BCUT2D eigenvalue weighted by Crippen LogP contribution is 2.28. The van der Waals surface area contributed by atoms with Crippen molar-refractivity contribution >= 4 is 22.9 Å². The van der Waals surface area contributed by atoms with E-state index < -0.39 is 23.2 Å². The molecule has 1 heterocycles. The summed E-state index contributed by atoms with van der Waals surface area (Å²) in [6.45, 7) is 3.80. The molecule has 0 saturated carbocycles. The maximum atomic E-state index is 13.8. The zero-order valence-corrected chi connectivity index (χ0v) is 19.0. The SMILES string of the molecule is CCCOC(=O)c1ccc(Oc2c(C)oc3cc(OC(=O)c4ccccc4F)ccc3c2=O)cc1. The van der Waals surface area contributed by atoms with Gasteiger partial charge in [-0.05, 0) is 61.9 Å². The van der Waals surface area contributed by atoms with Crippen LogP contribution in [0.15, 0.2) is 75.9 Å². The lowest BCUT2D eigenvalue weighted by atomic mass is 10.2. The molecular formula is C27H21FO7. The Labute approximate surface area is 199 Å². The summed E-state index contributed by atoms with van der Waals surface area (Å²) in [5.41, 5.74) is -0.0981. The Morgan fingerprint density at radius 3 is 2.37 bits per heavy atom. The first-order chi connectivity index (χ1) is 16.9. The third-order valence-corrected chi connectivity index (χ3v) is 5.04. The van der Waals surface area contributed by atoms with Crippen molar-refractivity contribution in [2.75, 3.05) is 6.61 Å². The van der Waals surface area contributed by atoms with E-state index in [9.17, 15) is 18.8 Å².